The minimum absolute atomic E-state index is 0.174. The number of benzene rings is 1. The van der Waals surface area contributed by atoms with Crippen molar-refractivity contribution in [2.75, 3.05) is 0 Å². The Morgan fingerprint density at radius 3 is 2.52 bits per heavy atom. The number of nitrogens with zero attached hydrogens (tertiary/aromatic N) is 1. The Hall–Kier alpha value is -2.69. The van der Waals surface area contributed by atoms with Crippen LogP contribution in [0.5, 0.6) is 0 Å². The molecule has 0 fully saturated rings. The van der Waals surface area contributed by atoms with Gasteiger partial charge >= 0.3 is 5.97 Å². The number of nitrogens with one attached hydrogen (secondary N) is 1. The first-order valence-electron chi connectivity index (χ1n) is 6.60. The topological polar surface area (TPSA) is 79.3 Å². The van der Waals surface area contributed by atoms with Gasteiger partial charge in [0.25, 0.3) is 0 Å². The van der Waals surface area contributed by atoms with Crippen LogP contribution in [0.4, 0.5) is 0 Å². The summed E-state index contributed by atoms with van der Waals surface area (Å²) in [6, 6.07) is 12.2. The predicted octanol–water partition coefficient (Wildman–Crippen LogP) is 1.96. The third-order valence-corrected chi connectivity index (χ3v) is 3.01. The van der Waals surface area contributed by atoms with Gasteiger partial charge in [-0.25, -0.2) is 0 Å². The van der Waals surface area contributed by atoms with Crippen molar-refractivity contribution in [3.63, 3.8) is 0 Å². The van der Waals surface area contributed by atoms with Crippen molar-refractivity contribution in [3.05, 3.63) is 66.0 Å². The van der Waals surface area contributed by atoms with Gasteiger partial charge in [-0.1, -0.05) is 36.4 Å². The molecule has 0 saturated heterocycles. The molecular weight excluding hydrogens is 268 g/mol. The number of amides is 1. The third kappa shape index (κ3) is 4.72. The molecule has 1 atom stereocenters. The number of pyridine rings is 1. The SMILES string of the molecule is O=C(O)C[C@@H](NC(=O)Cc1ccccc1)c1cccnc1. The van der Waals surface area contributed by atoms with Crippen LogP contribution in [0.25, 0.3) is 0 Å². The van der Waals surface area contributed by atoms with E-state index in [-0.39, 0.29) is 18.7 Å². The molecule has 1 aromatic carbocycles. The molecule has 0 aliphatic rings. The van der Waals surface area contributed by atoms with Crippen LogP contribution in [0.3, 0.4) is 0 Å². The minimum Gasteiger partial charge on any atom is -0.481 e. The molecule has 0 radical (unpaired) electrons. The van der Waals surface area contributed by atoms with Crippen LogP contribution in [0.1, 0.15) is 23.6 Å². The first-order valence-corrected chi connectivity index (χ1v) is 6.60. The summed E-state index contributed by atoms with van der Waals surface area (Å²) in [7, 11) is 0. The molecule has 0 unspecified atom stereocenters. The van der Waals surface area contributed by atoms with E-state index in [0.717, 1.165) is 5.56 Å². The molecule has 108 valence electrons. The fraction of sp³-hybridized carbons (Fsp3) is 0.188. The van der Waals surface area contributed by atoms with E-state index in [0.29, 0.717) is 5.56 Å². The lowest BCUT2D eigenvalue weighted by Gasteiger charge is -2.17. The third-order valence-electron chi connectivity index (χ3n) is 3.01. The van der Waals surface area contributed by atoms with Crippen molar-refractivity contribution in [3.8, 4) is 0 Å². The quantitative estimate of drug-likeness (QED) is 0.849. The highest BCUT2D eigenvalue weighted by molar-refractivity contribution is 5.80. The number of carbonyl (C=O) groups is 2. The average Bonchev–Trinajstić information content (AvgIpc) is 2.48. The number of aliphatic carboxylic acids is 1. The maximum Gasteiger partial charge on any atom is 0.305 e. The molecule has 1 aromatic heterocycles. The molecule has 2 rings (SSSR count). The van der Waals surface area contributed by atoms with Gasteiger partial charge in [0, 0.05) is 12.4 Å². The van der Waals surface area contributed by atoms with Gasteiger partial charge in [-0.3, -0.25) is 14.6 Å². The van der Waals surface area contributed by atoms with E-state index >= 15 is 0 Å². The summed E-state index contributed by atoms with van der Waals surface area (Å²) in [5.41, 5.74) is 1.57. The molecule has 2 N–H and O–H groups in total. The smallest absolute Gasteiger partial charge is 0.305 e. The Labute approximate surface area is 122 Å². The monoisotopic (exact) mass is 284 g/mol. The molecule has 5 heteroatoms. The highest BCUT2D eigenvalue weighted by Crippen LogP contribution is 2.16. The number of hydrogen-bond donors (Lipinski definition) is 2. The first-order chi connectivity index (χ1) is 10.1. The average molecular weight is 284 g/mol. The van der Waals surface area contributed by atoms with Gasteiger partial charge in [0.1, 0.15) is 0 Å². The zero-order valence-corrected chi connectivity index (χ0v) is 11.4. The Kier molecular flexibility index (Phi) is 5.04. The van der Waals surface area contributed by atoms with E-state index in [9.17, 15) is 9.59 Å². The molecule has 0 bridgehead atoms. The van der Waals surface area contributed by atoms with Crippen LogP contribution in [-0.4, -0.2) is 22.0 Å². The van der Waals surface area contributed by atoms with Crippen LogP contribution in [0.2, 0.25) is 0 Å². The highest BCUT2D eigenvalue weighted by atomic mass is 16.4. The van der Waals surface area contributed by atoms with Crippen LogP contribution in [0, 0.1) is 0 Å². The standard InChI is InChI=1S/C16H16N2O3/c19-15(9-12-5-2-1-3-6-12)18-14(10-16(20)21)13-7-4-8-17-11-13/h1-8,11,14H,9-10H2,(H,18,19)(H,20,21)/t14-/m1/s1. The molecule has 0 aliphatic carbocycles. The molecule has 5 nitrogen and oxygen atoms in total. The zero-order chi connectivity index (χ0) is 15.1. The number of hydrogen-bond acceptors (Lipinski definition) is 3. The van der Waals surface area contributed by atoms with E-state index < -0.39 is 12.0 Å². The summed E-state index contributed by atoms with van der Waals surface area (Å²) in [6.07, 6.45) is 3.22. The predicted molar refractivity (Wildman–Crippen MR) is 77.5 cm³/mol. The van der Waals surface area contributed by atoms with Crippen molar-refractivity contribution in [1.82, 2.24) is 10.3 Å². The van der Waals surface area contributed by atoms with Gasteiger partial charge in [-0.05, 0) is 17.2 Å². The lowest BCUT2D eigenvalue weighted by Crippen LogP contribution is -2.31. The van der Waals surface area contributed by atoms with E-state index in [2.05, 4.69) is 10.3 Å². The van der Waals surface area contributed by atoms with E-state index in [4.69, 9.17) is 5.11 Å². The Morgan fingerprint density at radius 2 is 1.90 bits per heavy atom. The maximum atomic E-state index is 12.1. The first kappa shape index (κ1) is 14.7. The number of carboxylic acids is 1. The van der Waals surface area contributed by atoms with Crippen molar-refractivity contribution in [2.45, 2.75) is 18.9 Å². The van der Waals surface area contributed by atoms with Gasteiger partial charge in [-0.15, -0.1) is 0 Å². The number of carboxylic acid groups (broad SMARTS) is 1. The highest BCUT2D eigenvalue weighted by Gasteiger charge is 2.18. The summed E-state index contributed by atoms with van der Waals surface area (Å²) in [5, 5.41) is 11.7. The molecule has 1 amide bonds. The van der Waals surface area contributed by atoms with E-state index in [1.54, 1.807) is 24.5 Å². The van der Waals surface area contributed by atoms with Crippen LogP contribution >= 0.6 is 0 Å². The number of rotatable bonds is 6. The van der Waals surface area contributed by atoms with Crippen molar-refractivity contribution in [1.29, 1.82) is 0 Å². The van der Waals surface area contributed by atoms with E-state index in [1.165, 1.54) is 0 Å². The second-order valence-electron chi connectivity index (χ2n) is 4.67. The second kappa shape index (κ2) is 7.19. The fourth-order valence-electron chi connectivity index (χ4n) is 2.04. The van der Waals surface area contributed by atoms with Crippen molar-refractivity contribution < 1.29 is 14.7 Å². The number of carbonyl (C=O) groups excluding carboxylic acids is 1. The van der Waals surface area contributed by atoms with E-state index in [1.807, 2.05) is 30.3 Å². The molecule has 1 heterocycles. The summed E-state index contributed by atoms with van der Waals surface area (Å²) in [4.78, 5) is 27.0. The van der Waals surface area contributed by atoms with Crippen LogP contribution in [-0.2, 0) is 16.0 Å². The van der Waals surface area contributed by atoms with Crippen LogP contribution < -0.4 is 5.32 Å². The van der Waals surface area contributed by atoms with Gasteiger partial charge in [0.2, 0.25) is 5.91 Å². The summed E-state index contributed by atoms with van der Waals surface area (Å²) < 4.78 is 0. The normalized spacial score (nSPS) is 11.6. The number of aromatic nitrogens is 1. The zero-order valence-electron chi connectivity index (χ0n) is 11.4. The fourth-order valence-corrected chi connectivity index (χ4v) is 2.04. The van der Waals surface area contributed by atoms with Crippen LogP contribution in [0.15, 0.2) is 54.9 Å². The Balaban J connectivity index is 2.05. The summed E-state index contributed by atoms with van der Waals surface area (Å²) in [6.45, 7) is 0. The minimum atomic E-state index is -0.969. The molecule has 0 saturated carbocycles. The summed E-state index contributed by atoms with van der Waals surface area (Å²) in [5.74, 6) is -1.18. The maximum absolute atomic E-state index is 12.1. The van der Waals surface area contributed by atoms with Gasteiger partial charge in [0.05, 0.1) is 18.9 Å². The van der Waals surface area contributed by atoms with Crippen molar-refractivity contribution >= 4 is 11.9 Å². The Morgan fingerprint density at radius 1 is 1.14 bits per heavy atom. The lowest BCUT2D eigenvalue weighted by molar-refractivity contribution is -0.137. The molecular formula is C16H16N2O3. The summed E-state index contributed by atoms with van der Waals surface area (Å²) >= 11 is 0. The van der Waals surface area contributed by atoms with Gasteiger partial charge in [-0.2, -0.15) is 0 Å². The molecule has 2 aromatic rings. The molecule has 0 aliphatic heterocycles. The second-order valence-corrected chi connectivity index (χ2v) is 4.67. The molecule has 21 heavy (non-hydrogen) atoms. The largest absolute Gasteiger partial charge is 0.481 e. The van der Waals surface area contributed by atoms with Crippen molar-refractivity contribution in [2.24, 2.45) is 0 Å². The lowest BCUT2D eigenvalue weighted by atomic mass is 10.1. The Bertz CT molecular complexity index is 599. The van der Waals surface area contributed by atoms with Gasteiger partial charge < -0.3 is 10.4 Å². The van der Waals surface area contributed by atoms with Gasteiger partial charge in [0.15, 0.2) is 0 Å². The molecule has 0 spiro atoms.